The summed E-state index contributed by atoms with van der Waals surface area (Å²) in [6.07, 6.45) is 3.35. The summed E-state index contributed by atoms with van der Waals surface area (Å²) < 4.78 is 0. The van der Waals surface area contributed by atoms with Crippen molar-refractivity contribution in [3.63, 3.8) is 0 Å². The summed E-state index contributed by atoms with van der Waals surface area (Å²) in [5.41, 5.74) is 2.81. The lowest BCUT2D eigenvalue weighted by atomic mass is 10.0. The van der Waals surface area contributed by atoms with Crippen molar-refractivity contribution in [2.45, 2.75) is 29.4 Å². The normalized spacial score (nSPS) is 12.0. The first-order chi connectivity index (χ1) is 11.8. The number of hydrogen-bond acceptors (Lipinski definition) is 1. The summed E-state index contributed by atoms with van der Waals surface area (Å²) in [6.45, 7) is 0. The van der Waals surface area contributed by atoms with Gasteiger partial charge >= 0.3 is 0 Å². The van der Waals surface area contributed by atoms with Gasteiger partial charge in [-0.25, -0.2) is 0 Å². The molecule has 1 unspecified atom stereocenters. The van der Waals surface area contributed by atoms with Crippen LogP contribution in [0.15, 0.2) is 89.8 Å². The van der Waals surface area contributed by atoms with Crippen LogP contribution in [0.1, 0.15) is 17.5 Å². The molecule has 24 heavy (non-hydrogen) atoms. The molecule has 0 aliphatic carbocycles. The molecule has 0 fully saturated rings. The van der Waals surface area contributed by atoms with Crippen LogP contribution in [0.25, 0.3) is 0 Å². The van der Waals surface area contributed by atoms with Gasteiger partial charge in [0.05, 0.1) is 0 Å². The van der Waals surface area contributed by atoms with E-state index >= 15 is 0 Å². The molecule has 0 radical (unpaired) electrons. The molecule has 0 aliphatic heterocycles. The van der Waals surface area contributed by atoms with E-state index in [2.05, 4.69) is 72.8 Å². The van der Waals surface area contributed by atoms with Crippen LogP contribution >= 0.6 is 23.4 Å². The second-order valence-electron chi connectivity index (χ2n) is 5.91. The van der Waals surface area contributed by atoms with Crippen molar-refractivity contribution in [3.8, 4) is 0 Å². The molecule has 0 saturated heterocycles. The second-order valence-corrected chi connectivity index (χ2v) is 7.72. The van der Waals surface area contributed by atoms with Gasteiger partial charge in [-0.3, -0.25) is 0 Å². The highest BCUT2D eigenvalue weighted by atomic mass is 35.5. The van der Waals surface area contributed by atoms with E-state index in [0.29, 0.717) is 5.25 Å². The maximum Gasteiger partial charge on any atom is 0.0406 e. The molecule has 3 rings (SSSR count). The molecule has 2 heteroatoms. The van der Waals surface area contributed by atoms with Crippen LogP contribution in [0.2, 0.25) is 5.02 Å². The van der Waals surface area contributed by atoms with E-state index < -0.39 is 0 Å². The van der Waals surface area contributed by atoms with Crippen LogP contribution < -0.4 is 0 Å². The van der Waals surface area contributed by atoms with Gasteiger partial charge in [0.1, 0.15) is 0 Å². The third-order valence-electron chi connectivity index (χ3n) is 4.02. The molecule has 1 atom stereocenters. The molecule has 0 bridgehead atoms. The number of benzene rings is 3. The van der Waals surface area contributed by atoms with Gasteiger partial charge in [-0.2, -0.15) is 0 Å². The Hall–Kier alpha value is -1.70. The van der Waals surface area contributed by atoms with Crippen molar-refractivity contribution in [1.29, 1.82) is 0 Å². The van der Waals surface area contributed by atoms with Crippen molar-refractivity contribution in [2.75, 3.05) is 0 Å². The Bertz CT molecular complexity index is 723. The Kier molecular flexibility index (Phi) is 6.40. The monoisotopic (exact) mass is 352 g/mol. The zero-order valence-corrected chi connectivity index (χ0v) is 15.1. The molecule has 0 aromatic heterocycles. The third-order valence-corrected chi connectivity index (χ3v) is 5.55. The summed E-state index contributed by atoms with van der Waals surface area (Å²) >= 11 is 7.96. The minimum Gasteiger partial charge on any atom is -0.122 e. The van der Waals surface area contributed by atoms with Gasteiger partial charge in [0.2, 0.25) is 0 Å². The van der Waals surface area contributed by atoms with Gasteiger partial charge in [0, 0.05) is 15.2 Å². The maximum atomic E-state index is 6.01. The molecule has 122 valence electrons. The predicted octanol–water partition coefficient (Wildman–Crippen LogP) is 6.68. The van der Waals surface area contributed by atoms with E-state index in [9.17, 15) is 0 Å². The smallest absolute Gasteiger partial charge is 0.0406 e. The van der Waals surface area contributed by atoms with Gasteiger partial charge in [-0.15, -0.1) is 11.8 Å². The highest BCUT2D eigenvalue weighted by Gasteiger charge is 2.12. The fourth-order valence-corrected chi connectivity index (χ4v) is 4.07. The Labute approximate surface area is 153 Å². The van der Waals surface area contributed by atoms with E-state index in [1.807, 2.05) is 23.9 Å². The molecule has 0 saturated carbocycles. The molecule has 0 amide bonds. The van der Waals surface area contributed by atoms with E-state index in [1.54, 1.807) is 0 Å². The standard InChI is InChI=1S/C22H21ClS/c23-20-12-15-21(16-13-20)24-22(17-19-9-5-2-6-10-19)14-11-18-7-3-1-4-8-18/h1-10,12-13,15-16,22H,11,14,17H2. The van der Waals surface area contributed by atoms with Gasteiger partial charge in [0.25, 0.3) is 0 Å². The van der Waals surface area contributed by atoms with Crippen LogP contribution in [-0.2, 0) is 12.8 Å². The topological polar surface area (TPSA) is 0 Å². The van der Waals surface area contributed by atoms with Crippen molar-refractivity contribution in [1.82, 2.24) is 0 Å². The molecular weight excluding hydrogens is 332 g/mol. The van der Waals surface area contributed by atoms with Crippen molar-refractivity contribution in [3.05, 3.63) is 101 Å². The molecule has 0 N–H and O–H groups in total. The lowest BCUT2D eigenvalue weighted by Crippen LogP contribution is -2.08. The summed E-state index contributed by atoms with van der Waals surface area (Å²) in [5, 5.41) is 1.34. The van der Waals surface area contributed by atoms with E-state index in [1.165, 1.54) is 16.0 Å². The minimum atomic E-state index is 0.550. The molecule has 0 nitrogen and oxygen atoms in total. The first kappa shape index (κ1) is 17.1. The Balaban J connectivity index is 1.68. The Morgan fingerprint density at radius 3 is 1.92 bits per heavy atom. The predicted molar refractivity (Wildman–Crippen MR) is 106 cm³/mol. The summed E-state index contributed by atoms with van der Waals surface area (Å²) in [5.74, 6) is 0. The van der Waals surface area contributed by atoms with E-state index in [4.69, 9.17) is 11.6 Å². The first-order valence-electron chi connectivity index (χ1n) is 8.30. The highest BCUT2D eigenvalue weighted by Crippen LogP contribution is 2.30. The number of aryl methyl sites for hydroxylation is 1. The maximum absolute atomic E-state index is 6.01. The summed E-state index contributed by atoms with van der Waals surface area (Å²) in [4.78, 5) is 1.29. The molecule has 0 aliphatic rings. The Morgan fingerprint density at radius 1 is 0.708 bits per heavy atom. The lowest BCUT2D eigenvalue weighted by molar-refractivity contribution is 0.752. The van der Waals surface area contributed by atoms with Crippen LogP contribution in [0, 0.1) is 0 Å². The van der Waals surface area contributed by atoms with Crippen LogP contribution in [0.4, 0.5) is 0 Å². The number of hydrogen-bond donors (Lipinski definition) is 0. The van der Waals surface area contributed by atoms with Gasteiger partial charge in [0.15, 0.2) is 0 Å². The van der Waals surface area contributed by atoms with Crippen LogP contribution in [0.5, 0.6) is 0 Å². The fraction of sp³-hybridized carbons (Fsp3) is 0.182. The lowest BCUT2D eigenvalue weighted by Gasteiger charge is -2.17. The summed E-state index contributed by atoms with van der Waals surface area (Å²) in [7, 11) is 0. The summed E-state index contributed by atoms with van der Waals surface area (Å²) in [6, 6.07) is 29.7. The Morgan fingerprint density at radius 2 is 1.29 bits per heavy atom. The van der Waals surface area contributed by atoms with E-state index in [-0.39, 0.29) is 0 Å². The fourth-order valence-electron chi connectivity index (χ4n) is 2.76. The average molecular weight is 353 g/mol. The first-order valence-corrected chi connectivity index (χ1v) is 9.55. The highest BCUT2D eigenvalue weighted by molar-refractivity contribution is 8.00. The molecule has 3 aromatic rings. The van der Waals surface area contributed by atoms with Crippen molar-refractivity contribution < 1.29 is 0 Å². The largest absolute Gasteiger partial charge is 0.122 e. The molecular formula is C22H21ClS. The van der Waals surface area contributed by atoms with E-state index in [0.717, 1.165) is 24.3 Å². The minimum absolute atomic E-state index is 0.550. The average Bonchev–Trinajstić information content (AvgIpc) is 2.63. The molecule has 3 aromatic carbocycles. The van der Waals surface area contributed by atoms with Gasteiger partial charge in [-0.05, 0) is 54.7 Å². The third kappa shape index (κ3) is 5.43. The zero-order valence-electron chi connectivity index (χ0n) is 13.6. The number of thioether (sulfide) groups is 1. The van der Waals surface area contributed by atoms with Gasteiger partial charge in [-0.1, -0.05) is 72.3 Å². The van der Waals surface area contributed by atoms with Crippen LogP contribution in [0.3, 0.4) is 0 Å². The number of halogens is 1. The van der Waals surface area contributed by atoms with Crippen molar-refractivity contribution >= 4 is 23.4 Å². The van der Waals surface area contributed by atoms with Gasteiger partial charge < -0.3 is 0 Å². The number of rotatable bonds is 7. The zero-order chi connectivity index (χ0) is 16.6. The second kappa shape index (κ2) is 8.96. The molecule has 0 heterocycles. The quantitative estimate of drug-likeness (QED) is 0.427. The SMILES string of the molecule is Clc1ccc(SC(CCc2ccccc2)Cc2ccccc2)cc1. The van der Waals surface area contributed by atoms with Crippen molar-refractivity contribution in [2.24, 2.45) is 0 Å². The molecule has 0 spiro atoms. The van der Waals surface area contributed by atoms with Crippen LogP contribution in [-0.4, -0.2) is 5.25 Å².